The summed E-state index contributed by atoms with van der Waals surface area (Å²) in [4.78, 5) is 14.8. The normalized spacial score (nSPS) is 12.4. The van der Waals surface area contributed by atoms with Crippen LogP contribution in [0.3, 0.4) is 0 Å². The minimum atomic E-state index is -1.20. The Balaban J connectivity index is 2.67. The van der Waals surface area contributed by atoms with Crippen molar-refractivity contribution < 1.29 is 14.6 Å². The van der Waals surface area contributed by atoms with Crippen molar-refractivity contribution in [1.82, 2.24) is 4.98 Å². The van der Waals surface area contributed by atoms with E-state index in [1.165, 1.54) is 7.11 Å². The monoisotopic (exact) mass is 217 g/mol. The van der Waals surface area contributed by atoms with Gasteiger partial charge < -0.3 is 14.6 Å². The number of aliphatic hydroxyl groups excluding tert-OH is 1. The summed E-state index contributed by atoms with van der Waals surface area (Å²) in [5.41, 5.74) is 1.15. The number of carbonyl (C=O) groups is 1. The van der Waals surface area contributed by atoms with E-state index in [9.17, 15) is 9.90 Å². The maximum atomic E-state index is 10.6. The molecule has 2 rings (SSSR count). The zero-order chi connectivity index (χ0) is 11.5. The molecule has 2 aromatic rings. The number of para-hydroxylation sites is 1. The predicted octanol–water partition coefficient (Wildman–Crippen LogP) is 1.48. The molecule has 0 aliphatic rings. The number of aromatic nitrogens is 1. The molecule has 0 unspecified atom stereocenters. The summed E-state index contributed by atoms with van der Waals surface area (Å²) in [6.07, 6.45) is -0.749. The van der Waals surface area contributed by atoms with Crippen LogP contribution in [0.5, 0.6) is 5.88 Å². The lowest BCUT2D eigenvalue weighted by Gasteiger charge is -2.10. The van der Waals surface area contributed by atoms with E-state index >= 15 is 0 Å². The molecule has 0 aliphatic heterocycles. The molecule has 0 bridgehead atoms. The van der Waals surface area contributed by atoms with Crippen LogP contribution in [-0.2, 0) is 4.79 Å². The molecule has 1 heterocycles. The van der Waals surface area contributed by atoms with Gasteiger partial charge in [-0.15, -0.1) is 0 Å². The van der Waals surface area contributed by atoms with E-state index < -0.39 is 6.10 Å². The van der Waals surface area contributed by atoms with Crippen molar-refractivity contribution in [1.29, 1.82) is 0 Å². The molecule has 0 spiro atoms. The van der Waals surface area contributed by atoms with E-state index in [0.717, 1.165) is 10.9 Å². The Morgan fingerprint density at radius 2 is 2.19 bits per heavy atom. The number of aliphatic hydroxyl groups is 1. The van der Waals surface area contributed by atoms with Crippen molar-refractivity contribution in [2.45, 2.75) is 6.10 Å². The third-order valence-electron chi connectivity index (χ3n) is 2.36. The van der Waals surface area contributed by atoms with Gasteiger partial charge in [-0.2, -0.15) is 0 Å². The number of ether oxygens (including phenoxy) is 1. The Bertz CT molecular complexity index is 525. The van der Waals surface area contributed by atoms with Gasteiger partial charge in [-0.3, -0.25) is 0 Å². The molecule has 82 valence electrons. The second-order valence-corrected chi connectivity index (χ2v) is 3.36. The van der Waals surface area contributed by atoms with Crippen molar-refractivity contribution in [2.75, 3.05) is 7.11 Å². The molecule has 0 fully saturated rings. The first-order chi connectivity index (χ1) is 7.76. The van der Waals surface area contributed by atoms with E-state index in [1.807, 2.05) is 24.3 Å². The molecule has 4 heteroatoms. The summed E-state index contributed by atoms with van der Waals surface area (Å²) in [6, 6.07) is 9.15. The molecule has 0 saturated heterocycles. The number of fused-ring (bicyclic) bond motifs is 1. The van der Waals surface area contributed by atoms with Crippen LogP contribution in [0.25, 0.3) is 10.9 Å². The van der Waals surface area contributed by atoms with Crippen LogP contribution in [0, 0.1) is 0 Å². The number of hydrogen-bond donors (Lipinski definition) is 1. The molecule has 1 atom stereocenters. The smallest absolute Gasteiger partial charge is 0.219 e. The molecular weight excluding hydrogens is 206 g/mol. The van der Waals surface area contributed by atoms with Gasteiger partial charge in [-0.25, -0.2) is 4.98 Å². The summed E-state index contributed by atoms with van der Waals surface area (Å²) in [7, 11) is 1.46. The minimum Gasteiger partial charge on any atom is -0.481 e. The van der Waals surface area contributed by atoms with Gasteiger partial charge >= 0.3 is 0 Å². The van der Waals surface area contributed by atoms with Gasteiger partial charge in [-0.1, -0.05) is 18.2 Å². The fourth-order valence-electron chi connectivity index (χ4n) is 1.56. The van der Waals surface area contributed by atoms with Crippen LogP contribution in [-0.4, -0.2) is 23.5 Å². The Morgan fingerprint density at radius 3 is 2.88 bits per heavy atom. The third kappa shape index (κ3) is 1.75. The average molecular weight is 217 g/mol. The molecular formula is C12H11NO3. The quantitative estimate of drug-likeness (QED) is 0.791. The van der Waals surface area contributed by atoms with Gasteiger partial charge in [-0.05, 0) is 12.1 Å². The third-order valence-corrected chi connectivity index (χ3v) is 2.36. The zero-order valence-corrected chi connectivity index (χ0v) is 8.75. The molecule has 16 heavy (non-hydrogen) atoms. The number of methoxy groups -OCH3 is 1. The van der Waals surface area contributed by atoms with Gasteiger partial charge in [0.15, 0.2) is 6.29 Å². The molecule has 0 amide bonds. The second-order valence-electron chi connectivity index (χ2n) is 3.36. The molecule has 1 aromatic carbocycles. The number of rotatable bonds is 3. The van der Waals surface area contributed by atoms with Crippen molar-refractivity contribution in [3.63, 3.8) is 0 Å². The number of carbonyl (C=O) groups excluding carboxylic acids is 1. The number of pyridine rings is 1. The summed E-state index contributed by atoms with van der Waals surface area (Å²) in [6.45, 7) is 0. The SMILES string of the molecule is COc1nc2ccccc2cc1[C@H](O)C=O. The van der Waals surface area contributed by atoms with Crippen molar-refractivity contribution in [3.8, 4) is 5.88 Å². The number of aldehydes is 1. The van der Waals surface area contributed by atoms with Crippen molar-refractivity contribution in [2.24, 2.45) is 0 Å². The van der Waals surface area contributed by atoms with E-state index in [-0.39, 0.29) is 5.88 Å². The summed E-state index contributed by atoms with van der Waals surface area (Å²) >= 11 is 0. The van der Waals surface area contributed by atoms with Gasteiger partial charge in [0.05, 0.1) is 18.2 Å². The topological polar surface area (TPSA) is 59.4 Å². The summed E-state index contributed by atoms with van der Waals surface area (Å²) in [5.74, 6) is 0.276. The second kappa shape index (κ2) is 4.28. The Kier molecular flexibility index (Phi) is 2.83. The highest BCUT2D eigenvalue weighted by molar-refractivity contribution is 5.81. The van der Waals surface area contributed by atoms with E-state index in [1.54, 1.807) is 6.07 Å². The van der Waals surface area contributed by atoms with E-state index in [4.69, 9.17) is 4.74 Å². The highest BCUT2D eigenvalue weighted by atomic mass is 16.5. The van der Waals surface area contributed by atoms with Crippen LogP contribution in [0.4, 0.5) is 0 Å². The highest BCUT2D eigenvalue weighted by Gasteiger charge is 2.14. The molecule has 1 N–H and O–H groups in total. The van der Waals surface area contributed by atoms with E-state index in [0.29, 0.717) is 11.8 Å². The number of nitrogens with zero attached hydrogens (tertiary/aromatic N) is 1. The average Bonchev–Trinajstić information content (AvgIpc) is 2.36. The van der Waals surface area contributed by atoms with Gasteiger partial charge in [0.25, 0.3) is 0 Å². The first-order valence-corrected chi connectivity index (χ1v) is 4.83. The Labute approximate surface area is 92.5 Å². The summed E-state index contributed by atoms with van der Waals surface area (Å²) < 4.78 is 5.05. The van der Waals surface area contributed by atoms with Crippen LogP contribution in [0.2, 0.25) is 0 Å². The van der Waals surface area contributed by atoms with Gasteiger partial charge in [0, 0.05) is 5.39 Å². The Morgan fingerprint density at radius 1 is 1.44 bits per heavy atom. The first-order valence-electron chi connectivity index (χ1n) is 4.83. The fraction of sp³-hybridized carbons (Fsp3) is 0.167. The highest BCUT2D eigenvalue weighted by Crippen LogP contribution is 2.26. The first kappa shape index (κ1) is 10.6. The van der Waals surface area contributed by atoms with Crippen LogP contribution in [0.15, 0.2) is 30.3 Å². The minimum absolute atomic E-state index is 0.276. The largest absolute Gasteiger partial charge is 0.481 e. The standard InChI is InChI=1S/C12H11NO3/c1-16-12-9(11(15)7-14)6-8-4-2-3-5-10(8)13-12/h2-7,11,15H,1H3/t11-/m1/s1. The maximum Gasteiger partial charge on any atom is 0.219 e. The Hall–Kier alpha value is -1.94. The molecule has 0 radical (unpaired) electrons. The van der Waals surface area contributed by atoms with Gasteiger partial charge in [0.2, 0.25) is 5.88 Å². The fourth-order valence-corrected chi connectivity index (χ4v) is 1.56. The van der Waals surface area contributed by atoms with Crippen LogP contribution >= 0.6 is 0 Å². The van der Waals surface area contributed by atoms with Gasteiger partial charge in [0.1, 0.15) is 6.10 Å². The number of benzene rings is 1. The molecule has 0 aliphatic carbocycles. The molecule has 0 saturated carbocycles. The van der Waals surface area contributed by atoms with Crippen molar-refractivity contribution in [3.05, 3.63) is 35.9 Å². The van der Waals surface area contributed by atoms with Crippen LogP contribution < -0.4 is 4.74 Å². The lowest BCUT2D eigenvalue weighted by molar-refractivity contribution is -0.115. The molecule has 1 aromatic heterocycles. The van der Waals surface area contributed by atoms with E-state index in [2.05, 4.69) is 4.98 Å². The predicted molar refractivity (Wildman–Crippen MR) is 59.3 cm³/mol. The maximum absolute atomic E-state index is 10.6. The molecule has 4 nitrogen and oxygen atoms in total. The van der Waals surface area contributed by atoms with Crippen LogP contribution in [0.1, 0.15) is 11.7 Å². The van der Waals surface area contributed by atoms with Crippen molar-refractivity contribution >= 4 is 17.2 Å². The number of hydrogen-bond acceptors (Lipinski definition) is 4. The summed E-state index contributed by atoms with van der Waals surface area (Å²) in [5, 5.41) is 10.4. The zero-order valence-electron chi connectivity index (χ0n) is 8.75. The lowest BCUT2D eigenvalue weighted by Crippen LogP contribution is -2.03. The lowest BCUT2D eigenvalue weighted by atomic mass is 10.1.